The van der Waals surface area contributed by atoms with Crippen LogP contribution in [-0.4, -0.2) is 16.7 Å². The SMILES string of the molecule is Cc1cccc(NC(=O)/C(=C/c2ccccc2)NC(=O)c2cccc([N+](=O)[O-])c2)c1. The number of nitro benzene ring substituents is 1. The molecule has 3 aromatic carbocycles. The smallest absolute Gasteiger partial charge is 0.272 e. The third kappa shape index (κ3) is 5.39. The molecule has 2 N–H and O–H groups in total. The summed E-state index contributed by atoms with van der Waals surface area (Å²) < 4.78 is 0. The molecule has 0 radical (unpaired) electrons. The van der Waals surface area contributed by atoms with Gasteiger partial charge in [-0.25, -0.2) is 0 Å². The predicted molar refractivity (Wildman–Crippen MR) is 115 cm³/mol. The average molecular weight is 401 g/mol. The lowest BCUT2D eigenvalue weighted by atomic mass is 10.1. The minimum atomic E-state index is -0.625. The van der Waals surface area contributed by atoms with Crippen LogP contribution in [0.2, 0.25) is 0 Å². The molecule has 7 heteroatoms. The molecule has 30 heavy (non-hydrogen) atoms. The summed E-state index contributed by atoms with van der Waals surface area (Å²) in [6.07, 6.45) is 1.54. The number of nitrogens with zero attached hydrogens (tertiary/aromatic N) is 1. The minimum absolute atomic E-state index is 0.0132. The van der Waals surface area contributed by atoms with Crippen LogP contribution in [0.3, 0.4) is 0 Å². The molecule has 0 fully saturated rings. The van der Waals surface area contributed by atoms with Gasteiger partial charge in [0.25, 0.3) is 17.5 Å². The number of nitrogens with one attached hydrogen (secondary N) is 2. The minimum Gasteiger partial charge on any atom is -0.321 e. The monoisotopic (exact) mass is 401 g/mol. The molecule has 0 bridgehead atoms. The number of rotatable bonds is 6. The van der Waals surface area contributed by atoms with Crippen molar-refractivity contribution in [1.82, 2.24) is 5.32 Å². The van der Waals surface area contributed by atoms with E-state index in [1.54, 1.807) is 30.3 Å². The molecule has 0 aromatic heterocycles. The Morgan fingerprint density at radius 1 is 0.933 bits per heavy atom. The van der Waals surface area contributed by atoms with Crippen LogP contribution in [0, 0.1) is 17.0 Å². The molecule has 0 heterocycles. The molecule has 0 saturated carbocycles. The highest BCUT2D eigenvalue weighted by molar-refractivity contribution is 6.10. The first-order valence-corrected chi connectivity index (χ1v) is 9.13. The Kier molecular flexibility index (Phi) is 6.34. The first kappa shape index (κ1) is 20.5. The number of carbonyl (C=O) groups is 2. The highest BCUT2D eigenvalue weighted by Gasteiger charge is 2.17. The van der Waals surface area contributed by atoms with Gasteiger partial charge in [-0.05, 0) is 42.3 Å². The van der Waals surface area contributed by atoms with Crippen LogP contribution in [0.5, 0.6) is 0 Å². The summed E-state index contributed by atoms with van der Waals surface area (Å²) >= 11 is 0. The van der Waals surface area contributed by atoms with Gasteiger partial charge in [-0.1, -0.05) is 48.5 Å². The van der Waals surface area contributed by atoms with Gasteiger partial charge in [0.05, 0.1) is 4.92 Å². The molecule has 3 rings (SSSR count). The molecule has 2 amide bonds. The van der Waals surface area contributed by atoms with Crippen molar-refractivity contribution in [1.29, 1.82) is 0 Å². The van der Waals surface area contributed by atoms with Crippen molar-refractivity contribution in [3.05, 3.63) is 111 Å². The fourth-order valence-electron chi connectivity index (χ4n) is 2.75. The van der Waals surface area contributed by atoms with Crippen molar-refractivity contribution in [2.75, 3.05) is 5.32 Å². The number of carbonyl (C=O) groups excluding carboxylic acids is 2. The molecular formula is C23H19N3O4. The first-order valence-electron chi connectivity index (χ1n) is 9.13. The summed E-state index contributed by atoms with van der Waals surface area (Å²) in [6, 6.07) is 21.6. The normalized spacial score (nSPS) is 10.9. The van der Waals surface area contributed by atoms with Gasteiger partial charge in [-0.2, -0.15) is 0 Å². The van der Waals surface area contributed by atoms with Gasteiger partial charge in [0.15, 0.2) is 0 Å². The predicted octanol–water partition coefficient (Wildman–Crippen LogP) is 4.31. The Bertz CT molecular complexity index is 1120. The number of non-ortho nitro benzene ring substituents is 1. The van der Waals surface area contributed by atoms with E-state index in [2.05, 4.69) is 10.6 Å². The molecule has 0 unspecified atom stereocenters. The van der Waals surface area contributed by atoms with E-state index in [9.17, 15) is 19.7 Å². The number of anilines is 1. The van der Waals surface area contributed by atoms with E-state index >= 15 is 0 Å². The van der Waals surface area contributed by atoms with Gasteiger partial charge < -0.3 is 10.6 Å². The number of amides is 2. The van der Waals surface area contributed by atoms with Crippen LogP contribution < -0.4 is 10.6 Å². The van der Waals surface area contributed by atoms with Crippen LogP contribution in [0.1, 0.15) is 21.5 Å². The Balaban J connectivity index is 1.89. The zero-order valence-corrected chi connectivity index (χ0v) is 16.2. The van der Waals surface area contributed by atoms with Crippen LogP contribution in [0.25, 0.3) is 6.08 Å². The van der Waals surface area contributed by atoms with Gasteiger partial charge in [-0.3, -0.25) is 19.7 Å². The van der Waals surface area contributed by atoms with Gasteiger partial charge >= 0.3 is 0 Å². The molecule has 0 aliphatic heterocycles. The third-order valence-corrected chi connectivity index (χ3v) is 4.20. The maximum atomic E-state index is 12.9. The summed E-state index contributed by atoms with van der Waals surface area (Å²) in [7, 11) is 0. The van der Waals surface area contributed by atoms with Gasteiger partial charge in [-0.15, -0.1) is 0 Å². The molecule has 0 saturated heterocycles. The van der Waals surface area contributed by atoms with Gasteiger partial charge in [0.2, 0.25) is 0 Å². The van der Waals surface area contributed by atoms with Crippen molar-refractivity contribution < 1.29 is 14.5 Å². The lowest BCUT2D eigenvalue weighted by molar-refractivity contribution is -0.384. The number of aryl methyl sites for hydroxylation is 1. The number of benzene rings is 3. The summed E-state index contributed by atoms with van der Waals surface area (Å²) in [5.74, 6) is -1.14. The fraction of sp³-hybridized carbons (Fsp3) is 0.0435. The van der Waals surface area contributed by atoms with Gasteiger partial charge in [0, 0.05) is 23.4 Å². The number of nitro groups is 1. The lowest BCUT2D eigenvalue weighted by Crippen LogP contribution is -2.30. The quantitative estimate of drug-likeness (QED) is 0.365. The fourth-order valence-corrected chi connectivity index (χ4v) is 2.75. The Labute approximate surface area is 173 Å². The first-order chi connectivity index (χ1) is 14.4. The van der Waals surface area contributed by atoms with Crippen LogP contribution in [0.4, 0.5) is 11.4 Å². The summed E-state index contributed by atoms with van der Waals surface area (Å²) in [5, 5.41) is 16.3. The van der Waals surface area contributed by atoms with Crippen molar-refractivity contribution in [2.24, 2.45) is 0 Å². The van der Waals surface area contributed by atoms with Crippen LogP contribution in [0.15, 0.2) is 84.6 Å². The second kappa shape index (κ2) is 9.29. The van der Waals surface area contributed by atoms with E-state index < -0.39 is 16.7 Å². The van der Waals surface area contributed by atoms with E-state index in [1.165, 1.54) is 18.2 Å². The van der Waals surface area contributed by atoms with E-state index in [-0.39, 0.29) is 16.9 Å². The summed E-state index contributed by atoms with van der Waals surface area (Å²) in [4.78, 5) is 35.9. The molecule has 0 aliphatic carbocycles. The highest BCUT2D eigenvalue weighted by Crippen LogP contribution is 2.15. The van der Waals surface area contributed by atoms with E-state index in [0.29, 0.717) is 11.3 Å². The largest absolute Gasteiger partial charge is 0.321 e. The molecular weight excluding hydrogens is 382 g/mol. The van der Waals surface area contributed by atoms with Crippen molar-refractivity contribution in [3.8, 4) is 0 Å². The molecule has 0 atom stereocenters. The maximum Gasteiger partial charge on any atom is 0.272 e. The molecule has 3 aromatic rings. The zero-order chi connectivity index (χ0) is 21.5. The maximum absolute atomic E-state index is 12.9. The third-order valence-electron chi connectivity index (χ3n) is 4.20. The second-order valence-electron chi connectivity index (χ2n) is 6.55. The zero-order valence-electron chi connectivity index (χ0n) is 16.2. The standard InChI is InChI=1S/C23H19N3O4/c1-16-7-5-11-19(13-16)24-23(28)21(14-17-8-3-2-4-9-17)25-22(27)18-10-6-12-20(15-18)26(29)30/h2-15H,1H3,(H,24,28)(H,25,27)/b21-14-. The van der Waals surface area contributed by atoms with E-state index in [0.717, 1.165) is 11.6 Å². The molecule has 0 aliphatic rings. The van der Waals surface area contributed by atoms with Crippen molar-refractivity contribution >= 4 is 29.3 Å². The summed E-state index contributed by atoms with van der Waals surface area (Å²) in [6.45, 7) is 1.90. The van der Waals surface area contributed by atoms with E-state index in [1.807, 2.05) is 37.3 Å². The van der Waals surface area contributed by atoms with Crippen molar-refractivity contribution in [2.45, 2.75) is 6.92 Å². The topological polar surface area (TPSA) is 101 Å². The van der Waals surface area contributed by atoms with E-state index in [4.69, 9.17) is 0 Å². The molecule has 150 valence electrons. The Morgan fingerprint density at radius 3 is 2.37 bits per heavy atom. The highest BCUT2D eigenvalue weighted by atomic mass is 16.6. The second-order valence-corrected chi connectivity index (χ2v) is 6.55. The lowest BCUT2D eigenvalue weighted by Gasteiger charge is -2.12. The Morgan fingerprint density at radius 2 is 1.67 bits per heavy atom. The Hall–Kier alpha value is -4.26. The van der Waals surface area contributed by atoms with Gasteiger partial charge in [0.1, 0.15) is 5.70 Å². The summed E-state index contributed by atoms with van der Waals surface area (Å²) in [5.41, 5.74) is 2.16. The molecule has 7 nitrogen and oxygen atoms in total. The average Bonchev–Trinajstić information content (AvgIpc) is 2.74. The van der Waals surface area contributed by atoms with Crippen molar-refractivity contribution in [3.63, 3.8) is 0 Å². The van der Waals surface area contributed by atoms with Crippen LogP contribution in [-0.2, 0) is 4.79 Å². The number of hydrogen-bond donors (Lipinski definition) is 2. The van der Waals surface area contributed by atoms with Crippen LogP contribution >= 0.6 is 0 Å². The number of hydrogen-bond acceptors (Lipinski definition) is 4. The molecule has 0 spiro atoms.